The van der Waals surface area contributed by atoms with Crippen LogP contribution in [0.15, 0.2) is 140 Å². The minimum absolute atomic E-state index is 0.100. The number of nitrogens with one attached hydrogen (secondary N) is 3. The van der Waals surface area contributed by atoms with Crippen molar-refractivity contribution in [3.63, 3.8) is 0 Å². The lowest BCUT2D eigenvalue weighted by molar-refractivity contribution is -0.124. The predicted octanol–water partition coefficient (Wildman–Crippen LogP) is 6.35. The predicted molar refractivity (Wildman–Crippen MR) is 248 cm³/mol. The van der Waals surface area contributed by atoms with Gasteiger partial charge in [-0.15, -0.1) is 0 Å². The average Bonchev–Trinajstić information content (AvgIpc) is 3.30. The summed E-state index contributed by atoms with van der Waals surface area (Å²) in [5.41, 5.74) is 13.5. The Labute approximate surface area is 372 Å². The Morgan fingerprint density at radius 1 is 0.508 bits per heavy atom. The van der Waals surface area contributed by atoms with Crippen LogP contribution in [-0.2, 0) is 62.6 Å². The molecule has 5 N–H and O–H groups in total. The molecule has 0 aliphatic carbocycles. The average molecular weight is 847 g/mol. The molecule has 10 nitrogen and oxygen atoms in total. The van der Waals surface area contributed by atoms with Crippen LogP contribution in [0.3, 0.4) is 0 Å². The molecule has 0 bridgehead atoms. The monoisotopic (exact) mass is 846 g/mol. The number of nitrogens with two attached hydrogens (primary N) is 1. The van der Waals surface area contributed by atoms with Gasteiger partial charge in [0.1, 0.15) is 5.78 Å². The van der Waals surface area contributed by atoms with E-state index in [1.807, 2.05) is 48.5 Å². The van der Waals surface area contributed by atoms with Crippen LogP contribution in [-0.4, -0.2) is 72.6 Å². The third-order valence-corrected chi connectivity index (χ3v) is 12.8. The minimum atomic E-state index is -0.286. The van der Waals surface area contributed by atoms with Crippen molar-refractivity contribution < 1.29 is 19.2 Å². The number of likely N-dealkylation sites (tertiary alicyclic amines) is 2. The van der Waals surface area contributed by atoms with Gasteiger partial charge in [-0.3, -0.25) is 29.0 Å². The molecule has 10 rings (SSSR count). The van der Waals surface area contributed by atoms with Crippen LogP contribution >= 0.6 is 0 Å². The number of piperidine rings is 3. The molecule has 0 saturated carbocycles. The number of carbonyl (C=O) groups is 4. The minimum Gasteiger partial charge on any atom is -0.369 e. The van der Waals surface area contributed by atoms with Crippen molar-refractivity contribution in [3.05, 3.63) is 178 Å². The molecule has 5 aromatic carbocycles. The lowest BCUT2D eigenvalue weighted by Gasteiger charge is -2.45. The summed E-state index contributed by atoms with van der Waals surface area (Å²) >= 11 is 0. The Balaban J connectivity index is 0.000000132. The number of rotatable bonds is 6. The molecule has 0 unspecified atom stereocenters. The fourth-order valence-corrected chi connectivity index (χ4v) is 9.56. The molecule has 3 amide bonds. The number of primary amides is 1. The molecule has 5 heterocycles. The highest BCUT2D eigenvalue weighted by atomic mass is 16.2. The molecular weight excluding hydrogens is 785 g/mol. The second-order valence-corrected chi connectivity index (χ2v) is 17.4. The van der Waals surface area contributed by atoms with Crippen molar-refractivity contribution in [2.75, 3.05) is 39.3 Å². The maximum absolute atomic E-state index is 12.1. The van der Waals surface area contributed by atoms with E-state index in [9.17, 15) is 19.2 Å². The van der Waals surface area contributed by atoms with Gasteiger partial charge in [0.05, 0.1) is 30.3 Å². The van der Waals surface area contributed by atoms with E-state index >= 15 is 0 Å². The summed E-state index contributed by atoms with van der Waals surface area (Å²) in [7, 11) is 0. The molecule has 3 saturated heterocycles. The second-order valence-electron chi connectivity index (χ2n) is 17.4. The fourth-order valence-electron chi connectivity index (χ4n) is 9.56. The van der Waals surface area contributed by atoms with Gasteiger partial charge in [0.25, 0.3) is 0 Å². The number of amides is 3. The maximum atomic E-state index is 12.1. The molecule has 2 spiro atoms. The van der Waals surface area contributed by atoms with Crippen molar-refractivity contribution in [1.82, 2.24) is 25.8 Å². The van der Waals surface area contributed by atoms with Gasteiger partial charge in [-0.25, -0.2) is 0 Å². The summed E-state index contributed by atoms with van der Waals surface area (Å²) in [6.45, 7) is 7.82. The fraction of sp³-hybridized carbons (Fsp3) is 0.358. The van der Waals surface area contributed by atoms with Gasteiger partial charge in [0.2, 0.25) is 17.7 Å². The van der Waals surface area contributed by atoms with Crippen LogP contribution in [0.1, 0.15) is 77.5 Å². The maximum Gasteiger partial charge on any atom is 0.225 e. The topological polar surface area (TPSA) is 137 Å². The zero-order valence-corrected chi connectivity index (χ0v) is 36.4. The van der Waals surface area contributed by atoms with Gasteiger partial charge >= 0.3 is 0 Å². The van der Waals surface area contributed by atoms with Crippen LogP contribution in [0.5, 0.6) is 0 Å². The highest BCUT2D eigenvalue weighted by Gasteiger charge is 2.42. The SMILES string of the molecule is NC(=O)Cc1ccccc1.O=C1CCN(Cc2ccccc2)CC1.O=C1Cc2ccccc2C2(CCN(Cc3ccccc3)CC2)N1.O=C1Cc2ccccc2C2(CCNCC2)N1. The van der Waals surface area contributed by atoms with Crippen molar-refractivity contribution in [2.45, 2.75) is 82.0 Å². The van der Waals surface area contributed by atoms with E-state index in [1.165, 1.54) is 33.4 Å². The van der Waals surface area contributed by atoms with E-state index in [2.05, 4.69) is 117 Å². The Hall–Kier alpha value is -5.94. The summed E-state index contributed by atoms with van der Waals surface area (Å²) in [6.07, 6.45) is 6.81. The van der Waals surface area contributed by atoms with Crippen LogP contribution in [0.25, 0.3) is 0 Å². The first kappa shape index (κ1) is 45.1. The Kier molecular flexibility index (Phi) is 15.7. The van der Waals surface area contributed by atoms with Crippen LogP contribution in [0.4, 0.5) is 0 Å². The zero-order valence-electron chi connectivity index (χ0n) is 36.4. The molecule has 328 valence electrons. The van der Waals surface area contributed by atoms with E-state index in [4.69, 9.17) is 5.73 Å². The van der Waals surface area contributed by atoms with Crippen molar-refractivity contribution >= 4 is 23.5 Å². The quantitative estimate of drug-likeness (QED) is 0.156. The number of hydrogen-bond donors (Lipinski definition) is 4. The number of ketones is 1. The van der Waals surface area contributed by atoms with Gasteiger partial charge in [-0.2, -0.15) is 0 Å². The van der Waals surface area contributed by atoms with E-state index in [-0.39, 0.29) is 28.8 Å². The summed E-state index contributed by atoms with van der Waals surface area (Å²) in [5, 5.41) is 9.87. The molecule has 0 atom stereocenters. The molecule has 10 heteroatoms. The summed E-state index contributed by atoms with van der Waals surface area (Å²) in [5.74, 6) is 0.460. The van der Waals surface area contributed by atoms with Gasteiger partial charge in [0, 0.05) is 52.1 Å². The van der Waals surface area contributed by atoms with E-state index in [0.29, 0.717) is 25.0 Å². The highest BCUT2D eigenvalue weighted by molar-refractivity contribution is 5.83. The molecule has 5 aromatic rings. The lowest BCUT2D eigenvalue weighted by Crippen LogP contribution is -2.56. The number of Topliss-reactive ketones (excluding diaryl/α,β-unsaturated/α-hetero) is 1. The van der Waals surface area contributed by atoms with Gasteiger partial charge in [0.15, 0.2) is 0 Å². The van der Waals surface area contributed by atoms with Crippen molar-refractivity contribution in [3.8, 4) is 0 Å². The molecular formula is C53H62N6O4. The Morgan fingerprint density at radius 2 is 0.905 bits per heavy atom. The van der Waals surface area contributed by atoms with Crippen LogP contribution < -0.4 is 21.7 Å². The normalized spacial score (nSPS) is 18.6. The van der Waals surface area contributed by atoms with Crippen molar-refractivity contribution in [2.24, 2.45) is 5.73 Å². The zero-order chi connectivity index (χ0) is 43.9. The van der Waals surface area contributed by atoms with Crippen LogP contribution in [0, 0.1) is 0 Å². The summed E-state index contributed by atoms with van der Waals surface area (Å²) in [4.78, 5) is 50.2. The standard InChI is InChI=1S/C20H22N2O.C13H16N2O.C12H15NO.C8H9NO/c23-19-14-17-8-4-5-9-18(17)20(21-19)10-12-22(13-11-20)15-16-6-2-1-3-7-16;16-12-9-10-3-1-2-4-11(10)13(15-12)5-7-14-8-6-13;14-12-6-8-13(9-7-12)10-11-4-2-1-3-5-11;9-8(10)6-7-4-2-1-3-5-7/h1-9H,10-15H2,(H,21,23);1-4,14H,5-9H2,(H,15,16);1-5H,6-10H2;1-5H,6H2,(H2,9,10). The number of hydrogen-bond acceptors (Lipinski definition) is 7. The molecule has 5 aliphatic rings. The molecule has 5 aliphatic heterocycles. The van der Waals surface area contributed by atoms with E-state index < -0.39 is 0 Å². The number of carbonyl (C=O) groups excluding carboxylic acids is 4. The third kappa shape index (κ3) is 12.6. The largest absolute Gasteiger partial charge is 0.369 e. The van der Waals surface area contributed by atoms with E-state index in [0.717, 1.165) is 96.4 Å². The molecule has 0 radical (unpaired) electrons. The van der Waals surface area contributed by atoms with Crippen molar-refractivity contribution in [1.29, 1.82) is 0 Å². The van der Waals surface area contributed by atoms with Gasteiger partial charge < -0.3 is 21.7 Å². The third-order valence-electron chi connectivity index (χ3n) is 12.8. The summed E-state index contributed by atoms with van der Waals surface area (Å²) < 4.78 is 0. The van der Waals surface area contributed by atoms with E-state index in [1.54, 1.807) is 0 Å². The Morgan fingerprint density at radius 3 is 1.37 bits per heavy atom. The first-order valence-corrected chi connectivity index (χ1v) is 22.5. The first-order chi connectivity index (χ1) is 30.7. The first-order valence-electron chi connectivity index (χ1n) is 22.5. The van der Waals surface area contributed by atoms with Crippen LogP contribution in [0.2, 0.25) is 0 Å². The second kappa shape index (κ2) is 21.9. The molecule has 3 fully saturated rings. The molecule has 0 aromatic heterocycles. The molecule has 63 heavy (non-hydrogen) atoms. The highest BCUT2D eigenvalue weighted by Crippen LogP contribution is 2.38. The lowest BCUT2D eigenvalue weighted by atomic mass is 9.75. The number of fused-ring (bicyclic) bond motifs is 4. The number of nitrogens with zero attached hydrogens (tertiary/aromatic N) is 2. The van der Waals surface area contributed by atoms with Gasteiger partial charge in [-0.05, 0) is 77.7 Å². The smallest absolute Gasteiger partial charge is 0.225 e. The number of benzene rings is 5. The van der Waals surface area contributed by atoms with Gasteiger partial charge in [-0.1, -0.05) is 140 Å². The summed E-state index contributed by atoms with van der Waals surface area (Å²) in [6, 6.07) is 47.2. The Bertz CT molecular complexity index is 2260.